The van der Waals surface area contributed by atoms with Gasteiger partial charge >= 0.3 is 0 Å². The fraction of sp³-hybridized carbons (Fsp3) is 0.263. The van der Waals surface area contributed by atoms with Crippen LogP contribution in [0.2, 0.25) is 5.02 Å². The fourth-order valence-corrected chi connectivity index (χ4v) is 3.96. The van der Waals surface area contributed by atoms with Gasteiger partial charge in [0.1, 0.15) is 16.4 Å². The number of fused-ring (bicyclic) bond motifs is 1. The Kier molecular flexibility index (Phi) is 5.81. The largest absolute Gasteiger partial charge is 0.496 e. The highest BCUT2D eigenvalue weighted by Crippen LogP contribution is 2.26. The van der Waals surface area contributed by atoms with Crippen molar-refractivity contribution in [1.29, 1.82) is 0 Å². The normalized spacial score (nSPS) is 11.7. The van der Waals surface area contributed by atoms with Crippen LogP contribution in [0.3, 0.4) is 0 Å². The second-order valence-corrected chi connectivity index (χ2v) is 7.87. The Labute approximate surface area is 170 Å². The molecule has 7 nitrogen and oxygen atoms in total. The van der Waals surface area contributed by atoms with E-state index in [1.54, 1.807) is 32.2 Å². The number of methoxy groups -OCH3 is 1. The van der Waals surface area contributed by atoms with Gasteiger partial charge in [0.05, 0.1) is 24.6 Å². The molecule has 0 atom stereocenters. The van der Waals surface area contributed by atoms with Gasteiger partial charge in [0.15, 0.2) is 0 Å². The van der Waals surface area contributed by atoms with Gasteiger partial charge in [-0.25, -0.2) is 10.4 Å². The molecule has 2 heterocycles. The third-order valence-electron chi connectivity index (χ3n) is 4.32. The van der Waals surface area contributed by atoms with Gasteiger partial charge in [-0.3, -0.25) is 9.59 Å². The predicted molar refractivity (Wildman–Crippen MR) is 112 cm³/mol. The van der Waals surface area contributed by atoms with E-state index < -0.39 is 5.91 Å². The first-order valence-corrected chi connectivity index (χ1v) is 9.65. The van der Waals surface area contributed by atoms with Gasteiger partial charge < -0.3 is 9.72 Å². The van der Waals surface area contributed by atoms with Gasteiger partial charge in [-0.1, -0.05) is 11.6 Å². The highest BCUT2D eigenvalue weighted by molar-refractivity contribution is 7.18. The SMILES string of the molecule is COc1ccc(Cl)cc1/C(C)=N\NC(=O)Cc1nc2sc(C)c(C)c2c(=O)[nH]1. The van der Waals surface area contributed by atoms with E-state index in [-0.39, 0.29) is 12.0 Å². The van der Waals surface area contributed by atoms with Crippen molar-refractivity contribution in [3.8, 4) is 5.75 Å². The maximum Gasteiger partial charge on any atom is 0.259 e. The number of hydrazone groups is 1. The number of nitrogens with one attached hydrogen (secondary N) is 2. The molecule has 2 aromatic heterocycles. The minimum Gasteiger partial charge on any atom is -0.496 e. The molecule has 1 amide bonds. The van der Waals surface area contributed by atoms with Crippen LogP contribution < -0.4 is 15.7 Å². The van der Waals surface area contributed by atoms with E-state index in [0.717, 1.165) is 10.4 Å². The minimum absolute atomic E-state index is 0.0926. The van der Waals surface area contributed by atoms with E-state index in [1.165, 1.54) is 11.3 Å². The molecule has 146 valence electrons. The van der Waals surface area contributed by atoms with Gasteiger partial charge in [0.2, 0.25) is 5.91 Å². The third-order valence-corrected chi connectivity index (χ3v) is 5.65. The maximum atomic E-state index is 12.3. The molecule has 2 N–H and O–H groups in total. The van der Waals surface area contributed by atoms with E-state index in [2.05, 4.69) is 20.5 Å². The summed E-state index contributed by atoms with van der Waals surface area (Å²) in [5.74, 6) is 0.497. The zero-order valence-electron chi connectivity index (χ0n) is 15.8. The zero-order chi connectivity index (χ0) is 20.4. The van der Waals surface area contributed by atoms with Crippen LogP contribution >= 0.6 is 22.9 Å². The van der Waals surface area contributed by atoms with Gasteiger partial charge in [-0.15, -0.1) is 11.3 Å². The molecular weight excluding hydrogens is 400 g/mol. The fourth-order valence-electron chi connectivity index (χ4n) is 2.74. The number of thiophene rings is 1. The summed E-state index contributed by atoms with van der Waals surface area (Å²) in [7, 11) is 1.55. The van der Waals surface area contributed by atoms with Gasteiger partial charge in [-0.2, -0.15) is 5.10 Å². The summed E-state index contributed by atoms with van der Waals surface area (Å²) in [5.41, 5.74) is 4.37. The molecule has 9 heteroatoms. The summed E-state index contributed by atoms with van der Waals surface area (Å²) in [5, 5.41) is 5.22. The van der Waals surface area contributed by atoms with E-state index in [9.17, 15) is 9.59 Å². The lowest BCUT2D eigenvalue weighted by Gasteiger charge is -2.09. The molecule has 0 radical (unpaired) electrons. The first kappa shape index (κ1) is 20.0. The minimum atomic E-state index is -0.396. The lowest BCUT2D eigenvalue weighted by atomic mass is 10.1. The zero-order valence-corrected chi connectivity index (χ0v) is 17.4. The van der Waals surface area contributed by atoms with Crippen molar-refractivity contribution in [2.45, 2.75) is 27.2 Å². The average Bonchev–Trinajstić information content (AvgIpc) is 2.93. The van der Waals surface area contributed by atoms with Gasteiger partial charge in [0.25, 0.3) is 5.56 Å². The van der Waals surface area contributed by atoms with Gasteiger partial charge in [-0.05, 0) is 44.5 Å². The van der Waals surface area contributed by atoms with E-state index in [1.807, 2.05) is 13.8 Å². The van der Waals surface area contributed by atoms with Crippen LogP contribution in [0, 0.1) is 13.8 Å². The molecule has 28 heavy (non-hydrogen) atoms. The second kappa shape index (κ2) is 8.12. The molecule has 0 spiro atoms. The first-order valence-electron chi connectivity index (χ1n) is 8.46. The molecule has 1 aromatic carbocycles. The summed E-state index contributed by atoms with van der Waals surface area (Å²) in [4.78, 5) is 33.3. The van der Waals surface area contributed by atoms with Crippen LogP contribution in [-0.4, -0.2) is 28.7 Å². The van der Waals surface area contributed by atoms with E-state index in [4.69, 9.17) is 16.3 Å². The molecule has 0 aliphatic heterocycles. The molecule has 0 saturated carbocycles. The highest BCUT2D eigenvalue weighted by Gasteiger charge is 2.14. The Morgan fingerprint density at radius 3 is 2.86 bits per heavy atom. The van der Waals surface area contributed by atoms with Crippen molar-refractivity contribution in [1.82, 2.24) is 15.4 Å². The highest BCUT2D eigenvalue weighted by atomic mass is 35.5. The van der Waals surface area contributed by atoms with Crippen molar-refractivity contribution >= 4 is 44.8 Å². The average molecular weight is 419 g/mol. The van der Waals surface area contributed by atoms with Crippen molar-refractivity contribution in [3.63, 3.8) is 0 Å². The monoisotopic (exact) mass is 418 g/mol. The Morgan fingerprint density at radius 2 is 2.14 bits per heavy atom. The smallest absolute Gasteiger partial charge is 0.259 e. The number of benzene rings is 1. The molecule has 0 bridgehead atoms. The van der Waals surface area contributed by atoms with E-state index in [0.29, 0.717) is 38.1 Å². The van der Waals surface area contributed by atoms with Crippen molar-refractivity contribution < 1.29 is 9.53 Å². The summed E-state index contributed by atoms with van der Waals surface area (Å²) < 4.78 is 5.29. The predicted octanol–water partition coefficient (Wildman–Crippen LogP) is 3.35. The van der Waals surface area contributed by atoms with E-state index >= 15 is 0 Å². The Balaban J connectivity index is 1.77. The number of nitrogens with zero attached hydrogens (tertiary/aromatic N) is 2. The molecule has 0 aliphatic rings. The molecule has 0 fully saturated rings. The number of hydrogen-bond acceptors (Lipinski definition) is 6. The molecule has 0 saturated heterocycles. The standard InChI is InChI=1S/C19H19ClN4O3S/c1-9-11(3)28-19-17(9)18(26)21-15(22-19)8-16(25)24-23-10(2)13-7-12(20)5-6-14(13)27-4/h5-7H,8H2,1-4H3,(H,24,25)(H,21,22,26)/b23-10-. The summed E-state index contributed by atoms with van der Waals surface area (Å²) >= 11 is 7.46. The summed E-state index contributed by atoms with van der Waals surface area (Å²) in [6.07, 6.45) is -0.0926. The molecule has 3 rings (SSSR count). The Morgan fingerprint density at radius 1 is 1.39 bits per heavy atom. The van der Waals surface area contributed by atoms with Crippen LogP contribution in [-0.2, 0) is 11.2 Å². The quantitative estimate of drug-likeness (QED) is 0.490. The van der Waals surface area contributed by atoms with Crippen molar-refractivity contribution in [2.24, 2.45) is 5.10 Å². The number of hydrogen-bond donors (Lipinski definition) is 2. The van der Waals surface area contributed by atoms with Gasteiger partial charge in [0, 0.05) is 15.5 Å². The molecule has 0 aliphatic carbocycles. The van der Waals surface area contributed by atoms with Crippen LogP contribution in [0.1, 0.15) is 28.8 Å². The number of aryl methyl sites for hydroxylation is 2. The van der Waals surface area contributed by atoms with Crippen LogP contribution in [0.5, 0.6) is 5.75 Å². The molecular formula is C19H19ClN4O3S. The number of carbonyl (C=O) groups excluding carboxylic acids is 1. The first-order chi connectivity index (χ1) is 13.3. The van der Waals surface area contributed by atoms with Crippen LogP contribution in [0.15, 0.2) is 28.1 Å². The third kappa shape index (κ3) is 4.07. The number of ether oxygens (including phenoxy) is 1. The lowest BCUT2D eigenvalue weighted by Crippen LogP contribution is -2.24. The Hall–Kier alpha value is -2.71. The number of H-pyrrole nitrogens is 1. The summed E-state index contributed by atoms with van der Waals surface area (Å²) in [6, 6.07) is 5.15. The number of aromatic amines is 1. The van der Waals surface area contributed by atoms with Crippen molar-refractivity contribution in [3.05, 3.63) is 55.4 Å². The number of carbonyl (C=O) groups is 1. The number of aromatic nitrogens is 2. The topological polar surface area (TPSA) is 96.4 Å². The summed E-state index contributed by atoms with van der Waals surface area (Å²) in [6.45, 7) is 5.56. The number of rotatable bonds is 5. The van der Waals surface area contributed by atoms with Crippen LogP contribution in [0.25, 0.3) is 10.2 Å². The number of amides is 1. The maximum absolute atomic E-state index is 12.3. The molecule has 3 aromatic rings. The lowest BCUT2D eigenvalue weighted by molar-refractivity contribution is -0.120. The van der Waals surface area contributed by atoms with Crippen molar-refractivity contribution in [2.75, 3.05) is 7.11 Å². The second-order valence-electron chi connectivity index (χ2n) is 6.23. The van der Waals surface area contributed by atoms with Crippen LogP contribution in [0.4, 0.5) is 0 Å². The Bertz CT molecular complexity index is 1150. The number of halogens is 1. The molecule has 0 unspecified atom stereocenters.